The lowest BCUT2D eigenvalue weighted by Crippen LogP contribution is -2.29. The van der Waals surface area contributed by atoms with Crippen molar-refractivity contribution < 1.29 is 0 Å². The van der Waals surface area contributed by atoms with Crippen LogP contribution in [0.2, 0.25) is 0 Å². The van der Waals surface area contributed by atoms with Crippen LogP contribution in [0.15, 0.2) is 0 Å². The van der Waals surface area contributed by atoms with E-state index >= 15 is 0 Å². The Balaban J connectivity index is 3.23. The van der Waals surface area contributed by atoms with Crippen molar-refractivity contribution in [2.75, 3.05) is 6.54 Å². The topological polar surface area (TPSA) is 35.8 Å². The highest BCUT2D eigenvalue weighted by atomic mass is 14.9. The van der Waals surface area contributed by atoms with Gasteiger partial charge >= 0.3 is 0 Å². The summed E-state index contributed by atoms with van der Waals surface area (Å²) in [5.41, 5.74) is 0. The fourth-order valence-electron chi connectivity index (χ4n) is 0.646. The summed E-state index contributed by atoms with van der Waals surface area (Å²) in [6, 6.07) is 2.47. The van der Waals surface area contributed by atoms with Crippen LogP contribution in [-0.2, 0) is 0 Å². The molecule has 0 unspecified atom stereocenters. The summed E-state index contributed by atoms with van der Waals surface area (Å²) in [5, 5.41) is 11.6. The molecule has 0 amide bonds. The third-order valence-electron chi connectivity index (χ3n) is 1.27. The lowest BCUT2D eigenvalue weighted by atomic mass is 10.2. The molecule has 0 radical (unpaired) electrons. The Morgan fingerprint density at radius 2 is 2.00 bits per heavy atom. The minimum atomic E-state index is 0.340. The van der Waals surface area contributed by atoms with Crippen molar-refractivity contribution in [3.05, 3.63) is 0 Å². The summed E-state index contributed by atoms with van der Waals surface area (Å²) in [5.74, 6) is 0.668. The Labute approximate surface area is 63.2 Å². The molecule has 0 bridgehead atoms. The molecule has 2 heteroatoms. The Hall–Kier alpha value is -0.550. The number of nitrogens with one attached hydrogen (secondary N) is 1. The van der Waals surface area contributed by atoms with E-state index < -0.39 is 0 Å². The number of nitriles is 1. The largest absolute Gasteiger partial charge is 0.313 e. The molecule has 1 atom stereocenters. The molecule has 0 fully saturated rings. The van der Waals surface area contributed by atoms with E-state index in [-0.39, 0.29) is 0 Å². The average Bonchev–Trinajstić information content (AvgIpc) is 1.85. The Morgan fingerprint density at radius 1 is 1.40 bits per heavy atom. The summed E-state index contributed by atoms with van der Waals surface area (Å²) >= 11 is 0. The van der Waals surface area contributed by atoms with E-state index in [1.165, 1.54) is 0 Å². The zero-order valence-electron chi connectivity index (χ0n) is 7.02. The minimum absolute atomic E-state index is 0.340. The van der Waals surface area contributed by atoms with Crippen molar-refractivity contribution in [2.45, 2.75) is 33.2 Å². The molecule has 0 aromatic carbocycles. The maximum atomic E-state index is 8.31. The molecule has 0 aromatic rings. The Kier molecular flexibility index (Phi) is 4.96. The van der Waals surface area contributed by atoms with Gasteiger partial charge in [-0.15, -0.1) is 0 Å². The van der Waals surface area contributed by atoms with E-state index in [1.54, 1.807) is 0 Å². The predicted octanol–water partition coefficient (Wildman–Crippen LogP) is 1.53. The molecule has 0 saturated heterocycles. The summed E-state index contributed by atoms with van der Waals surface area (Å²) in [4.78, 5) is 0. The first-order chi connectivity index (χ1) is 4.66. The zero-order chi connectivity index (χ0) is 7.98. The second-order valence-electron chi connectivity index (χ2n) is 3.07. The van der Waals surface area contributed by atoms with Crippen molar-refractivity contribution in [1.82, 2.24) is 5.32 Å². The number of hydrogen-bond donors (Lipinski definition) is 1. The summed E-state index contributed by atoms with van der Waals surface area (Å²) < 4.78 is 0. The molecule has 1 N–H and O–H groups in total. The van der Waals surface area contributed by atoms with E-state index in [9.17, 15) is 0 Å². The van der Waals surface area contributed by atoms with Crippen molar-refractivity contribution in [3.63, 3.8) is 0 Å². The highest BCUT2D eigenvalue weighted by molar-refractivity contribution is 4.77. The SMILES string of the molecule is CC(C)CN[C@@H](C)CC#N. The van der Waals surface area contributed by atoms with E-state index in [2.05, 4.69) is 25.2 Å². The monoisotopic (exact) mass is 140 g/mol. The maximum absolute atomic E-state index is 8.31. The standard InChI is InChI=1S/C8H16N2/c1-7(2)6-10-8(3)4-5-9/h7-8,10H,4,6H2,1-3H3/t8-/m0/s1. The van der Waals surface area contributed by atoms with Crippen LogP contribution in [0, 0.1) is 17.2 Å². The van der Waals surface area contributed by atoms with Crippen LogP contribution in [-0.4, -0.2) is 12.6 Å². The lowest BCUT2D eigenvalue weighted by Gasteiger charge is -2.11. The molecular formula is C8H16N2. The molecule has 2 nitrogen and oxygen atoms in total. The zero-order valence-corrected chi connectivity index (χ0v) is 7.02. The van der Waals surface area contributed by atoms with Crippen LogP contribution < -0.4 is 5.32 Å². The molecule has 58 valence electrons. The highest BCUT2D eigenvalue weighted by Gasteiger charge is 1.99. The molecule has 0 spiro atoms. The number of rotatable bonds is 4. The Morgan fingerprint density at radius 3 is 2.40 bits per heavy atom. The van der Waals surface area contributed by atoms with Gasteiger partial charge in [-0.2, -0.15) is 5.26 Å². The third kappa shape index (κ3) is 5.58. The molecule has 0 saturated carbocycles. The Bertz CT molecular complexity index is 113. The van der Waals surface area contributed by atoms with Gasteiger partial charge in [-0.3, -0.25) is 0 Å². The van der Waals surface area contributed by atoms with Crippen molar-refractivity contribution in [2.24, 2.45) is 5.92 Å². The first-order valence-corrected chi connectivity index (χ1v) is 3.77. The van der Waals surface area contributed by atoms with Crippen LogP contribution in [0.4, 0.5) is 0 Å². The van der Waals surface area contributed by atoms with Gasteiger partial charge in [0.1, 0.15) is 0 Å². The van der Waals surface area contributed by atoms with Gasteiger partial charge < -0.3 is 5.32 Å². The number of nitrogens with zero attached hydrogens (tertiary/aromatic N) is 1. The van der Waals surface area contributed by atoms with E-state index in [1.807, 2.05) is 6.92 Å². The molecule has 0 rings (SSSR count). The molecule has 10 heavy (non-hydrogen) atoms. The van der Waals surface area contributed by atoms with Crippen LogP contribution in [0.5, 0.6) is 0 Å². The summed E-state index contributed by atoms with van der Waals surface area (Å²) in [7, 11) is 0. The molecule has 0 aliphatic rings. The predicted molar refractivity (Wildman–Crippen MR) is 42.5 cm³/mol. The van der Waals surface area contributed by atoms with Crippen LogP contribution in [0.3, 0.4) is 0 Å². The van der Waals surface area contributed by atoms with Gasteiger partial charge in [0.15, 0.2) is 0 Å². The quantitative estimate of drug-likeness (QED) is 0.643. The fraction of sp³-hybridized carbons (Fsp3) is 0.875. The first kappa shape index (κ1) is 9.45. The van der Waals surface area contributed by atoms with Crippen LogP contribution in [0.1, 0.15) is 27.2 Å². The lowest BCUT2D eigenvalue weighted by molar-refractivity contribution is 0.488. The fourth-order valence-corrected chi connectivity index (χ4v) is 0.646. The van der Waals surface area contributed by atoms with Gasteiger partial charge in [0, 0.05) is 6.04 Å². The van der Waals surface area contributed by atoms with Gasteiger partial charge in [0.05, 0.1) is 12.5 Å². The highest BCUT2D eigenvalue weighted by Crippen LogP contribution is 1.92. The molecule has 0 aromatic heterocycles. The van der Waals surface area contributed by atoms with Gasteiger partial charge in [0.2, 0.25) is 0 Å². The second kappa shape index (κ2) is 5.25. The van der Waals surface area contributed by atoms with Gasteiger partial charge in [0.25, 0.3) is 0 Å². The average molecular weight is 140 g/mol. The maximum Gasteiger partial charge on any atom is 0.0638 e. The van der Waals surface area contributed by atoms with Crippen LogP contribution in [0.25, 0.3) is 0 Å². The van der Waals surface area contributed by atoms with Gasteiger partial charge in [-0.25, -0.2) is 0 Å². The normalized spacial score (nSPS) is 13.1. The molecule has 0 heterocycles. The van der Waals surface area contributed by atoms with Crippen LogP contribution >= 0.6 is 0 Å². The third-order valence-corrected chi connectivity index (χ3v) is 1.27. The minimum Gasteiger partial charge on any atom is -0.313 e. The van der Waals surface area contributed by atoms with Crippen molar-refractivity contribution >= 4 is 0 Å². The molecular weight excluding hydrogens is 124 g/mol. The van der Waals surface area contributed by atoms with E-state index in [0.29, 0.717) is 18.4 Å². The van der Waals surface area contributed by atoms with E-state index in [4.69, 9.17) is 5.26 Å². The first-order valence-electron chi connectivity index (χ1n) is 3.77. The van der Waals surface area contributed by atoms with Crippen molar-refractivity contribution in [3.8, 4) is 6.07 Å². The smallest absolute Gasteiger partial charge is 0.0638 e. The van der Waals surface area contributed by atoms with Gasteiger partial charge in [-0.1, -0.05) is 13.8 Å². The summed E-state index contributed by atoms with van der Waals surface area (Å²) in [6.45, 7) is 7.35. The number of hydrogen-bond acceptors (Lipinski definition) is 2. The summed E-state index contributed by atoms with van der Waals surface area (Å²) in [6.07, 6.45) is 0.604. The van der Waals surface area contributed by atoms with Gasteiger partial charge in [-0.05, 0) is 19.4 Å². The molecule has 0 aliphatic heterocycles. The second-order valence-corrected chi connectivity index (χ2v) is 3.07. The molecule has 0 aliphatic carbocycles. The van der Waals surface area contributed by atoms with Crippen molar-refractivity contribution in [1.29, 1.82) is 5.26 Å². The van der Waals surface area contributed by atoms with E-state index in [0.717, 1.165) is 6.54 Å².